The summed E-state index contributed by atoms with van der Waals surface area (Å²) in [5, 5.41) is 25.3. The Morgan fingerprint density at radius 2 is 1.56 bits per heavy atom. The van der Waals surface area contributed by atoms with E-state index in [9.17, 15) is 0 Å². The molecular weight excluding hydrogens is 450 g/mol. The molecule has 0 aliphatic carbocycles. The second kappa shape index (κ2) is 14.2. The second-order valence-corrected chi connectivity index (χ2v) is 8.78. The lowest BCUT2D eigenvalue weighted by atomic mass is 9.91. The van der Waals surface area contributed by atoms with E-state index < -0.39 is 11.9 Å². The number of carboxylic acids is 2. The molecule has 1 aliphatic rings. The molecule has 7 nitrogen and oxygen atoms in total. The molecule has 0 spiro atoms. The number of likely N-dealkylation sites (tertiary alicyclic amines) is 1. The predicted octanol–water partition coefficient (Wildman–Crippen LogP) is 1.90. The van der Waals surface area contributed by atoms with E-state index in [0.29, 0.717) is 0 Å². The van der Waals surface area contributed by atoms with Crippen molar-refractivity contribution in [1.29, 1.82) is 0 Å². The zero-order valence-corrected chi connectivity index (χ0v) is 20.1. The van der Waals surface area contributed by atoms with E-state index in [1.807, 2.05) is 13.8 Å². The number of thiophene rings is 2. The highest BCUT2D eigenvalue weighted by Crippen LogP contribution is 2.32. The normalized spacial score (nSPS) is 15.8. The molecule has 1 aliphatic heterocycles. The largest absolute Gasteiger partial charge is 0.539 e. The molecule has 0 radical (unpaired) electrons. The minimum Gasteiger partial charge on any atom is -0.539 e. The van der Waals surface area contributed by atoms with Crippen molar-refractivity contribution in [3.63, 3.8) is 0 Å². The standard InChI is InChI=1S/C21H29NO2S2.C2H2O4/c1-3-23-20(24-4-2)7-12-22-10-5-17(6-11-22)21(18-8-13-25-15-18)19-9-14-26-16-19;3-1(4)2(5)6/h8-9,13-16,20H,3-7,10-12H2,1-2H3;(H,3,4)(H,5,6). The van der Waals surface area contributed by atoms with E-state index >= 15 is 0 Å². The molecule has 9 heteroatoms. The van der Waals surface area contributed by atoms with Crippen LogP contribution in [0.5, 0.6) is 0 Å². The van der Waals surface area contributed by atoms with Gasteiger partial charge >= 0.3 is 5.97 Å². The van der Waals surface area contributed by atoms with Crippen LogP contribution >= 0.6 is 22.7 Å². The lowest BCUT2D eigenvalue weighted by molar-refractivity contribution is -0.903. The van der Waals surface area contributed by atoms with Gasteiger partial charge in [0.25, 0.3) is 0 Å². The average molecular weight is 482 g/mol. The topological polar surface area (TPSA) is 100 Å². The minimum absolute atomic E-state index is 0.0402. The summed E-state index contributed by atoms with van der Waals surface area (Å²) in [4.78, 5) is 19.7. The van der Waals surface area contributed by atoms with Gasteiger partial charge < -0.3 is 29.4 Å². The maximum absolute atomic E-state index is 9.04. The zero-order chi connectivity index (χ0) is 23.3. The van der Waals surface area contributed by atoms with Gasteiger partial charge in [-0.05, 0) is 64.2 Å². The van der Waals surface area contributed by atoms with Gasteiger partial charge in [0.15, 0.2) is 12.3 Å². The third-order valence-corrected chi connectivity index (χ3v) is 6.51. The van der Waals surface area contributed by atoms with Crippen LogP contribution in [-0.4, -0.2) is 56.2 Å². The van der Waals surface area contributed by atoms with Crippen LogP contribution in [0.1, 0.15) is 44.2 Å². The molecular formula is C23H31NO6S2. The molecule has 176 valence electrons. The minimum atomic E-state index is -2.07. The van der Waals surface area contributed by atoms with E-state index in [2.05, 4.69) is 33.7 Å². The number of nitrogens with one attached hydrogen (secondary N) is 1. The van der Waals surface area contributed by atoms with Crippen molar-refractivity contribution in [3.05, 3.63) is 50.4 Å². The molecule has 2 N–H and O–H groups in total. The van der Waals surface area contributed by atoms with Gasteiger partial charge in [-0.2, -0.15) is 22.7 Å². The SMILES string of the molecule is CCOC(CC[NH+]1CCC(=C(c2ccsc2)c2ccsc2)CC1)OCC.O=C([O-])C(=O)O. The molecule has 3 rings (SSSR count). The number of carboxylic acid groups (broad SMARTS) is 2. The molecule has 2 aromatic rings. The van der Waals surface area contributed by atoms with Crippen LogP contribution in [0.15, 0.2) is 39.2 Å². The van der Waals surface area contributed by atoms with Gasteiger partial charge in [-0.1, -0.05) is 5.57 Å². The summed E-state index contributed by atoms with van der Waals surface area (Å²) in [5.41, 5.74) is 5.88. The highest BCUT2D eigenvalue weighted by atomic mass is 32.1. The van der Waals surface area contributed by atoms with Gasteiger partial charge in [0.1, 0.15) is 0 Å². The summed E-state index contributed by atoms with van der Waals surface area (Å²) in [6.07, 6.45) is 3.31. The first-order valence-electron chi connectivity index (χ1n) is 10.7. The van der Waals surface area contributed by atoms with E-state index in [1.165, 1.54) is 42.6 Å². The quantitative estimate of drug-likeness (QED) is 0.419. The van der Waals surface area contributed by atoms with Crippen LogP contribution in [0.25, 0.3) is 5.57 Å². The van der Waals surface area contributed by atoms with Gasteiger partial charge in [0, 0.05) is 32.5 Å². The fraction of sp³-hybridized carbons (Fsp3) is 0.478. The summed E-state index contributed by atoms with van der Waals surface area (Å²) in [7, 11) is 0. The number of quaternary nitrogens is 1. The molecule has 1 fully saturated rings. The maximum atomic E-state index is 9.04. The lowest BCUT2D eigenvalue weighted by Gasteiger charge is -2.28. The fourth-order valence-electron chi connectivity index (χ4n) is 3.70. The predicted molar refractivity (Wildman–Crippen MR) is 124 cm³/mol. The van der Waals surface area contributed by atoms with Crippen molar-refractivity contribution in [2.75, 3.05) is 32.8 Å². The van der Waals surface area contributed by atoms with Gasteiger partial charge in [0.05, 0.1) is 19.6 Å². The van der Waals surface area contributed by atoms with Crippen molar-refractivity contribution in [2.45, 2.75) is 39.4 Å². The van der Waals surface area contributed by atoms with Crippen LogP contribution in [0.3, 0.4) is 0 Å². The smallest absolute Gasteiger partial charge is 0.351 e. The van der Waals surface area contributed by atoms with E-state index in [1.54, 1.807) is 33.1 Å². The molecule has 32 heavy (non-hydrogen) atoms. The highest BCUT2D eigenvalue weighted by Gasteiger charge is 2.23. The molecule has 2 aromatic heterocycles. The summed E-state index contributed by atoms with van der Waals surface area (Å²) in [6, 6.07) is 4.53. The van der Waals surface area contributed by atoms with Gasteiger partial charge in [0.2, 0.25) is 0 Å². The third-order valence-electron chi connectivity index (χ3n) is 5.15. The number of piperidine rings is 1. The Morgan fingerprint density at radius 3 is 1.94 bits per heavy atom. The molecule has 0 bridgehead atoms. The fourth-order valence-corrected chi connectivity index (χ4v) is 5.00. The first kappa shape index (κ1) is 26.2. The zero-order valence-electron chi connectivity index (χ0n) is 18.5. The van der Waals surface area contributed by atoms with Crippen LogP contribution in [0.2, 0.25) is 0 Å². The molecule has 0 amide bonds. The number of carbonyl (C=O) groups excluding carboxylic acids is 1. The summed E-state index contributed by atoms with van der Waals surface area (Å²) >= 11 is 3.57. The Morgan fingerprint density at radius 1 is 1.06 bits per heavy atom. The van der Waals surface area contributed by atoms with Gasteiger partial charge in [-0.3, -0.25) is 0 Å². The first-order chi connectivity index (χ1) is 15.5. The van der Waals surface area contributed by atoms with Crippen LogP contribution in [0, 0.1) is 0 Å². The Balaban J connectivity index is 0.000000534. The number of rotatable bonds is 9. The number of carbonyl (C=O) groups is 2. The molecule has 0 unspecified atom stereocenters. The summed E-state index contributed by atoms with van der Waals surface area (Å²) in [5.74, 6) is -4.01. The third kappa shape index (κ3) is 8.48. The summed E-state index contributed by atoms with van der Waals surface area (Å²) in [6.45, 7) is 9.05. The molecule has 1 saturated heterocycles. The molecule has 3 heterocycles. The van der Waals surface area contributed by atoms with Crippen molar-refractivity contribution >= 4 is 40.2 Å². The van der Waals surface area contributed by atoms with Crippen molar-refractivity contribution in [1.82, 2.24) is 0 Å². The Kier molecular flexibility index (Phi) is 11.6. The molecule has 0 saturated carbocycles. The monoisotopic (exact) mass is 481 g/mol. The molecule has 0 aromatic carbocycles. The van der Waals surface area contributed by atoms with E-state index in [-0.39, 0.29) is 6.29 Å². The highest BCUT2D eigenvalue weighted by molar-refractivity contribution is 7.08. The number of hydrogen-bond donors (Lipinski definition) is 2. The van der Waals surface area contributed by atoms with Crippen LogP contribution in [-0.2, 0) is 19.1 Å². The molecule has 0 atom stereocenters. The Hall–Kier alpha value is -2.04. The van der Waals surface area contributed by atoms with Crippen molar-refractivity contribution in [2.24, 2.45) is 0 Å². The lowest BCUT2D eigenvalue weighted by Crippen LogP contribution is -3.13. The Bertz CT molecular complexity index is 784. The second-order valence-electron chi connectivity index (χ2n) is 7.22. The van der Waals surface area contributed by atoms with E-state index in [4.69, 9.17) is 29.3 Å². The first-order valence-corrected chi connectivity index (χ1v) is 12.6. The van der Waals surface area contributed by atoms with E-state index in [0.717, 1.165) is 26.2 Å². The van der Waals surface area contributed by atoms with Crippen LogP contribution in [0.4, 0.5) is 0 Å². The van der Waals surface area contributed by atoms with Crippen LogP contribution < -0.4 is 10.0 Å². The number of hydrogen-bond acceptors (Lipinski definition) is 7. The van der Waals surface area contributed by atoms with Gasteiger partial charge in [-0.15, -0.1) is 0 Å². The van der Waals surface area contributed by atoms with Crippen molar-refractivity contribution < 1.29 is 34.2 Å². The summed E-state index contributed by atoms with van der Waals surface area (Å²) < 4.78 is 11.4. The maximum Gasteiger partial charge on any atom is 0.351 e. The number of aliphatic carboxylic acids is 2. The van der Waals surface area contributed by atoms with Crippen molar-refractivity contribution in [3.8, 4) is 0 Å². The Labute approximate surface area is 196 Å². The van der Waals surface area contributed by atoms with Gasteiger partial charge in [-0.25, -0.2) is 4.79 Å². The number of ether oxygens (including phenoxy) is 2. The average Bonchev–Trinajstić information content (AvgIpc) is 3.49.